The minimum absolute atomic E-state index is 0.666. The standard InChI is InChI=1S/C17H20ClNO2/c1-13-5-3-4-6-16(13)21-17-11-15(18)8-7-14(17)12-19-9-10-20-2/h3-8,11,19H,9-10,12H2,1-2H3. The Bertz CT molecular complexity index is 587. The number of hydrogen-bond acceptors (Lipinski definition) is 3. The van der Waals surface area contributed by atoms with E-state index in [1.54, 1.807) is 7.11 Å². The molecule has 21 heavy (non-hydrogen) atoms. The van der Waals surface area contributed by atoms with E-state index in [4.69, 9.17) is 21.1 Å². The summed E-state index contributed by atoms with van der Waals surface area (Å²) in [6.07, 6.45) is 0. The van der Waals surface area contributed by atoms with Crippen LogP contribution in [-0.2, 0) is 11.3 Å². The van der Waals surface area contributed by atoms with Crippen LogP contribution in [0.25, 0.3) is 0 Å². The van der Waals surface area contributed by atoms with Crippen LogP contribution in [0.2, 0.25) is 5.02 Å². The number of benzene rings is 2. The zero-order valence-electron chi connectivity index (χ0n) is 12.4. The van der Waals surface area contributed by atoms with Crippen molar-refractivity contribution in [2.24, 2.45) is 0 Å². The van der Waals surface area contributed by atoms with E-state index in [0.717, 1.165) is 29.2 Å². The van der Waals surface area contributed by atoms with Gasteiger partial charge in [0.25, 0.3) is 0 Å². The molecule has 0 aliphatic rings. The molecule has 0 saturated carbocycles. The Hall–Kier alpha value is -1.55. The molecule has 0 bridgehead atoms. The lowest BCUT2D eigenvalue weighted by molar-refractivity contribution is 0.199. The van der Waals surface area contributed by atoms with Crippen LogP contribution in [-0.4, -0.2) is 20.3 Å². The van der Waals surface area contributed by atoms with Crippen LogP contribution in [0, 0.1) is 6.92 Å². The highest BCUT2D eigenvalue weighted by atomic mass is 35.5. The molecular weight excluding hydrogens is 286 g/mol. The van der Waals surface area contributed by atoms with Crippen molar-refractivity contribution in [3.8, 4) is 11.5 Å². The molecule has 0 aliphatic heterocycles. The van der Waals surface area contributed by atoms with Crippen LogP contribution in [0.5, 0.6) is 11.5 Å². The molecule has 0 heterocycles. The van der Waals surface area contributed by atoms with Crippen molar-refractivity contribution in [1.82, 2.24) is 5.32 Å². The number of methoxy groups -OCH3 is 1. The van der Waals surface area contributed by atoms with Crippen LogP contribution in [0.15, 0.2) is 42.5 Å². The quantitative estimate of drug-likeness (QED) is 0.779. The van der Waals surface area contributed by atoms with E-state index >= 15 is 0 Å². The van der Waals surface area contributed by atoms with Gasteiger partial charge in [-0.05, 0) is 30.7 Å². The molecule has 0 atom stereocenters. The Kier molecular flexibility index (Phi) is 6.05. The van der Waals surface area contributed by atoms with E-state index in [2.05, 4.69) is 5.32 Å². The van der Waals surface area contributed by atoms with Gasteiger partial charge in [0.15, 0.2) is 0 Å². The average Bonchev–Trinajstić information content (AvgIpc) is 2.48. The molecule has 112 valence electrons. The first-order chi connectivity index (χ1) is 10.2. The van der Waals surface area contributed by atoms with Crippen LogP contribution < -0.4 is 10.1 Å². The highest BCUT2D eigenvalue weighted by molar-refractivity contribution is 6.30. The fourth-order valence-electron chi connectivity index (χ4n) is 1.96. The first-order valence-electron chi connectivity index (χ1n) is 6.92. The predicted molar refractivity (Wildman–Crippen MR) is 86.3 cm³/mol. The van der Waals surface area contributed by atoms with Gasteiger partial charge in [-0.1, -0.05) is 35.9 Å². The van der Waals surface area contributed by atoms with Crippen LogP contribution in [0.1, 0.15) is 11.1 Å². The molecule has 0 aliphatic carbocycles. The van der Waals surface area contributed by atoms with Crippen molar-refractivity contribution in [1.29, 1.82) is 0 Å². The van der Waals surface area contributed by atoms with Crippen molar-refractivity contribution in [2.45, 2.75) is 13.5 Å². The van der Waals surface area contributed by atoms with Gasteiger partial charge in [0, 0.05) is 30.8 Å². The van der Waals surface area contributed by atoms with Gasteiger partial charge < -0.3 is 14.8 Å². The maximum Gasteiger partial charge on any atom is 0.133 e. The summed E-state index contributed by atoms with van der Waals surface area (Å²) in [6, 6.07) is 13.6. The summed E-state index contributed by atoms with van der Waals surface area (Å²) in [6.45, 7) is 4.21. The summed E-state index contributed by atoms with van der Waals surface area (Å²) in [5, 5.41) is 3.98. The smallest absolute Gasteiger partial charge is 0.133 e. The third-order valence-electron chi connectivity index (χ3n) is 3.14. The molecule has 2 aromatic carbocycles. The minimum atomic E-state index is 0.666. The third-order valence-corrected chi connectivity index (χ3v) is 3.38. The molecule has 3 nitrogen and oxygen atoms in total. The Morgan fingerprint density at radius 2 is 1.90 bits per heavy atom. The third kappa shape index (κ3) is 4.74. The molecule has 0 fully saturated rings. The molecular formula is C17H20ClNO2. The summed E-state index contributed by atoms with van der Waals surface area (Å²) in [5.74, 6) is 1.62. The van der Waals surface area contributed by atoms with E-state index in [9.17, 15) is 0 Å². The van der Waals surface area contributed by atoms with Gasteiger partial charge in [-0.2, -0.15) is 0 Å². The van der Waals surface area contributed by atoms with Crippen molar-refractivity contribution in [2.75, 3.05) is 20.3 Å². The van der Waals surface area contributed by atoms with Crippen LogP contribution in [0.4, 0.5) is 0 Å². The molecule has 0 radical (unpaired) electrons. The topological polar surface area (TPSA) is 30.5 Å². The Balaban J connectivity index is 2.13. The maximum atomic E-state index is 6.09. The normalized spacial score (nSPS) is 10.6. The number of para-hydroxylation sites is 1. The second kappa shape index (κ2) is 8.03. The van der Waals surface area contributed by atoms with E-state index < -0.39 is 0 Å². The van der Waals surface area contributed by atoms with Gasteiger partial charge in [0.05, 0.1) is 6.61 Å². The molecule has 0 saturated heterocycles. The van der Waals surface area contributed by atoms with Gasteiger partial charge >= 0.3 is 0 Å². The van der Waals surface area contributed by atoms with Gasteiger partial charge in [-0.25, -0.2) is 0 Å². The second-order valence-corrected chi connectivity index (χ2v) is 5.23. The lowest BCUT2D eigenvalue weighted by Crippen LogP contribution is -2.18. The Morgan fingerprint density at radius 1 is 1.10 bits per heavy atom. The molecule has 2 rings (SSSR count). The Labute approximate surface area is 130 Å². The summed E-state index contributed by atoms with van der Waals surface area (Å²) < 4.78 is 11.0. The molecule has 0 spiro atoms. The molecule has 1 N–H and O–H groups in total. The van der Waals surface area contributed by atoms with Crippen LogP contribution in [0.3, 0.4) is 0 Å². The summed E-state index contributed by atoms with van der Waals surface area (Å²) >= 11 is 6.09. The highest BCUT2D eigenvalue weighted by Crippen LogP contribution is 2.30. The second-order valence-electron chi connectivity index (χ2n) is 4.79. The molecule has 2 aromatic rings. The highest BCUT2D eigenvalue weighted by Gasteiger charge is 2.07. The molecule has 0 amide bonds. The fraction of sp³-hybridized carbons (Fsp3) is 0.294. The van der Waals surface area contributed by atoms with Crippen molar-refractivity contribution in [3.05, 3.63) is 58.6 Å². The number of nitrogens with one attached hydrogen (secondary N) is 1. The van der Waals surface area contributed by atoms with E-state index in [0.29, 0.717) is 18.2 Å². The predicted octanol–water partition coefficient (Wildman–Crippen LogP) is 4.18. The van der Waals surface area contributed by atoms with Gasteiger partial charge in [0.2, 0.25) is 0 Å². The number of rotatable bonds is 7. The molecule has 4 heteroatoms. The first kappa shape index (κ1) is 15.8. The van der Waals surface area contributed by atoms with E-state index in [1.807, 2.05) is 49.4 Å². The van der Waals surface area contributed by atoms with Gasteiger partial charge in [-0.3, -0.25) is 0 Å². The van der Waals surface area contributed by atoms with Crippen molar-refractivity contribution >= 4 is 11.6 Å². The zero-order valence-corrected chi connectivity index (χ0v) is 13.1. The zero-order chi connectivity index (χ0) is 15.1. The SMILES string of the molecule is COCCNCc1ccc(Cl)cc1Oc1ccccc1C. The number of aryl methyl sites for hydroxylation is 1. The number of halogens is 1. The van der Waals surface area contributed by atoms with Gasteiger partial charge in [-0.15, -0.1) is 0 Å². The lowest BCUT2D eigenvalue weighted by Gasteiger charge is -2.14. The first-order valence-corrected chi connectivity index (χ1v) is 7.30. The largest absolute Gasteiger partial charge is 0.457 e. The fourth-order valence-corrected chi connectivity index (χ4v) is 2.12. The maximum absolute atomic E-state index is 6.09. The van der Waals surface area contributed by atoms with Crippen molar-refractivity contribution in [3.63, 3.8) is 0 Å². The summed E-state index contributed by atoms with van der Waals surface area (Å²) in [7, 11) is 1.69. The molecule has 0 aromatic heterocycles. The Morgan fingerprint density at radius 3 is 2.67 bits per heavy atom. The summed E-state index contributed by atoms with van der Waals surface area (Å²) in [4.78, 5) is 0. The monoisotopic (exact) mass is 305 g/mol. The summed E-state index contributed by atoms with van der Waals surface area (Å²) in [5.41, 5.74) is 2.16. The van der Waals surface area contributed by atoms with E-state index in [-0.39, 0.29) is 0 Å². The van der Waals surface area contributed by atoms with Crippen molar-refractivity contribution < 1.29 is 9.47 Å². The number of ether oxygens (including phenoxy) is 2. The lowest BCUT2D eigenvalue weighted by atomic mass is 10.2. The molecule has 0 unspecified atom stereocenters. The average molecular weight is 306 g/mol. The van der Waals surface area contributed by atoms with Crippen LogP contribution >= 0.6 is 11.6 Å². The van der Waals surface area contributed by atoms with Gasteiger partial charge in [0.1, 0.15) is 11.5 Å². The van der Waals surface area contributed by atoms with E-state index in [1.165, 1.54) is 0 Å². The number of hydrogen-bond donors (Lipinski definition) is 1. The minimum Gasteiger partial charge on any atom is -0.457 e.